The van der Waals surface area contributed by atoms with Gasteiger partial charge in [0.2, 0.25) is 0 Å². The minimum atomic E-state index is -0.958. The molecule has 0 atom stereocenters. The maximum absolute atomic E-state index is 13.0. The average molecular weight is 705 g/mol. The molecule has 260 valence electrons. The number of nitrogens with zero attached hydrogens (tertiary/aromatic N) is 4. The number of allylic oxidation sites excluding steroid dienone is 2. The number of carbonyl (C=O) groups excluding carboxylic acids is 2. The molecule has 0 amide bonds. The van der Waals surface area contributed by atoms with Gasteiger partial charge in [0.25, 0.3) is 22.7 Å². The van der Waals surface area contributed by atoms with E-state index in [0.29, 0.717) is 22.3 Å². The monoisotopic (exact) mass is 704 g/mol. The zero-order valence-corrected chi connectivity index (χ0v) is 26.5. The van der Waals surface area contributed by atoms with E-state index >= 15 is 0 Å². The molecule has 0 aliphatic carbocycles. The Kier molecular flexibility index (Phi) is 12.4. The Balaban J connectivity index is 1.73. The Morgan fingerprint density at radius 3 is 0.808 bits per heavy atom. The van der Waals surface area contributed by atoms with Crippen LogP contribution in [-0.4, -0.2) is 31.6 Å². The third-order valence-electron chi connectivity index (χ3n) is 6.76. The number of non-ortho nitro benzene ring substituents is 4. The van der Waals surface area contributed by atoms with Crippen LogP contribution in [0.4, 0.5) is 22.7 Å². The molecule has 0 saturated heterocycles. The van der Waals surface area contributed by atoms with Crippen LogP contribution in [-0.2, 0) is 19.1 Å². The van der Waals surface area contributed by atoms with Gasteiger partial charge in [-0.25, -0.2) is 9.59 Å². The summed E-state index contributed by atoms with van der Waals surface area (Å²) in [6.07, 6.45) is 10.1. The van der Waals surface area contributed by atoms with Crippen LogP contribution in [0.15, 0.2) is 133 Å². The van der Waals surface area contributed by atoms with Crippen molar-refractivity contribution in [3.8, 4) is 0 Å². The molecule has 4 rings (SSSR count). The summed E-state index contributed by atoms with van der Waals surface area (Å²) in [7, 11) is 0. The van der Waals surface area contributed by atoms with Crippen LogP contribution >= 0.6 is 0 Å². The van der Waals surface area contributed by atoms with E-state index in [1.807, 2.05) is 0 Å². The summed E-state index contributed by atoms with van der Waals surface area (Å²) >= 11 is 0. The van der Waals surface area contributed by atoms with Crippen LogP contribution < -0.4 is 0 Å². The Morgan fingerprint density at radius 2 is 0.596 bits per heavy atom. The van der Waals surface area contributed by atoms with Crippen molar-refractivity contribution in [3.05, 3.63) is 196 Å². The highest BCUT2D eigenvalue weighted by atomic mass is 16.6. The molecule has 0 radical (unpaired) electrons. The van der Waals surface area contributed by atoms with E-state index in [4.69, 9.17) is 9.47 Å². The first kappa shape index (κ1) is 36.9. The molecule has 4 aromatic rings. The van der Waals surface area contributed by atoms with Crippen LogP contribution in [0.2, 0.25) is 0 Å². The number of carbonyl (C=O) groups is 2. The van der Waals surface area contributed by atoms with Gasteiger partial charge < -0.3 is 9.47 Å². The normalized spacial score (nSPS) is 11.8. The summed E-state index contributed by atoms with van der Waals surface area (Å²) in [5, 5.41) is 44.1. The van der Waals surface area contributed by atoms with Crippen LogP contribution in [0, 0.1) is 40.5 Å². The first-order valence-electron chi connectivity index (χ1n) is 14.8. The summed E-state index contributed by atoms with van der Waals surface area (Å²) in [4.78, 5) is 67.9. The Labute approximate surface area is 293 Å². The van der Waals surface area contributed by atoms with Gasteiger partial charge in [-0.05, 0) is 95.1 Å². The van der Waals surface area contributed by atoms with Gasteiger partial charge in [-0.2, -0.15) is 0 Å². The SMILES string of the molecule is O=C(/C=C/c1ccc([N+](=O)[O-])cc1)OC(/C=C/c1ccc([N+](=O)[O-])cc1)=C(\C=C\c1ccc([N+](=O)[O-])cc1)OC(=O)/C=C/c1ccc([N+](=O)[O-])cc1. The predicted molar refractivity (Wildman–Crippen MR) is 188 cm³/mol. The molecular weight excluding hydrogens is 680 g/mol. The third-order valence-corrected chi connectivity index (χ3v) is 6.76. The molecule has 52 heavy (non-hydrogen) atoms. The summed E-state index contributed by atoms with van der Waals surface area (Å²) in [5.41, 5.74) is 1.07. The fourth-order valence-electron chi connectivity index (χ4n) is 4.12. The van der Waals surface area contributed by atoms with Crippen LogP contribution in [0.1, 0.15) is 22.3 Å². The summed E-state index contributed by atoms with van der Waals surface area (Å²) in [5.74, 6) is -2.54. The maximum atomic E-state index is 13.0. The summed E-state index contributed by atoms with van der Waals surface area (Å²) in [6.45, 7) is 0. The van der Waals surface area contributed by atoms with Crippen LogP contribution in [0.25, 0.3) is 24.3 Å². The van der Waals surface area contributed by atoms with Gasteiger partial charge in [0, 0.05) is 60.7 Å². The number of esters is 2. The van der Waals surface area contributed by atoms with Gasteiger partial charge in [0.1, 0.15) is 0 Å². The van der Waals surface area contributed by atoms with Crippen LogP contribution in [0.3, 0.4) is 0 Å². The van der Waals surface area contributed by atoms with E-state index in [2.05, 4.69) is 0 Å². The Bertz CT molecular complexity index is 2000. The minimum absolute atomic E-state index is 0.157. The topological polar surface area (TPSA) is 225 Å². The van der Waals surface area contributed by atoms with E-state index in [0.717, 1.165) is 12.2 Å². The van der Waals surface area contributed by atoms with E-state index < -0.39 is 31.6 Å². The van der Waals surface area contributed by atoms with Crippen molar-refractivity contribution >= 4 is 59.0 Å². The van der Waals surface area contributed by atoms with Gasteiger partial charge >= 0.3 is 11.9 Å². The Hall–Kier alpha value is -7.88. The fourth-order valence-corrected chi connectivity index (χ4v) is 4.12. The number of hydrogen-bond donors (Lipinski definition) is 0. The number of benzene rings is 4. The zero-order chi connectivity index (χ0) is 37.6. The van der Waals surface area contributed by atoms with Crippen molar-refractivity contribution in [1.29, 1.82) is 0 Å². The molecule has 0 aliphatic rings. The predicted octanol–water partition coefficient (Wildman–Crippen LogP) is 7.77. The van der Waals surface area contributed by atoms with E-state index in [-0.39, 0.29) is 34.3 Å². The quantitative estimate of drug-likeness (QED) is 0.0306. The second kappa shape index (κ2) is 17.5. The lowest BCUT2D eigenvalue weighted by Crippen LogP contribution is -2.07. The van der Waals surface area contributed by atoms with Crippen LogP contribution in [0.5, 0.6) is 0 Å². The molecule has 0 saturated carbocycles. The molecule has 16 nitrogen and oxygen atoms in total. The van der Waals surface area contributed by atoms with Crippen molar-refractivity contribution in [2.75, 3.05) is 0 Å². The molecule has 0 aliphatic heterocycles. The smallest absolute Gasteiger partial charge is 0.336 e. The molecule has 0 N–H and O–H groups in total. The third kappa shape index (κ3) is 11.1. The maximum Gasteiger partial charge on any atom is 0.336 e. The van der Waals surface area contributed by atoms with Crippen molar-refractivity contribution in [2.45, 2.75) is 0 Å². The molecule has 0 fully saturated rings. The van der Waals surface area contributed by atoms with E-state index in [1.165, 1.54) is 134 Å². The summed E-state index contributed by atoms with van der Waals surface area (Å²) in [6, 6.07) is 21.3. The molecule has 0 heterocycles. The average Bonchev–Trinajstić information content (AvgIpc) is 3.14. The molecule has 0 bridgehead atoms. The van der Waals surface area contributed by atoms with E-state index in [9.17, 15) is 50.0 Å². The molecular formula is C36H24N4O12. The fraction of sp³-hybridized carbons (Fsp3) is 0. The lowest BCUT2D eigenvalue weighted by Gasteiger charge is -2.09. The highest BCUT2D eigenvalue weighted by Gasteiger charge is 2.14. The van der Waals surface area contributed by atoms with Crippen molar-refractivity contribution < 1.29 is 38.8 Å². The van der Waals surface area contributed by atoms with Crippen molar-refractivity contribution in [1.82, 2.24) is 0 Å². The molecule has 0 unspecified atom stereocenters. The molecule has 0 spiro atoms. The minimum Gasteiger partial charge on any atom is -0.419 e. The van der Waals surface area contributed by atoms with Gasteiger partial charge in [-0.15, -0.1) is 0 Å². The number of nitro benzene ring substituents is 4. The first-order valence-corrected chi connectivity index (χ1v) is 14.8. The number of rotatable bonds is 14. The van der Waals surface area contributed by atoms with Crippen molar-refractivity contribution in [3.63, 3.8) is 0 Å². The second-order valence-electron chi connectivity index (χ2n) is 10.3. The molecule has 0 aromatic heterocycles. The molecule has 4 aromatic carbocycles. The van der Waals surface area contributed by atoms with Gasteiger partial charge in [-0.3, -0.25) is 40.5 Å². The number of ether oxygens (including phenoxy) is 2. The van der Waals surface area contributed by atoms with Gasteiger partial charge in [0.15, 0.2) is 11.5 Å². The second-order valence-corrected chi connectivity index (χ2v) is 10.3. The molecule has 16 heteroatoms. The summed E-state index contributed by atoms with van der Waals surface area (Å²) < 4.78 is 11.1. The van der Waals surface area contributed by atoms with Crippen molar-refractivity contribution in [2.24, 2.45) is 0 Å². The number of hydrogen-bond acceptors (Lipinski definition) is 12. The lowest BCUT2D eigenvalue weighted by molar-refractivity contribution is -0.385. The lowest BCUT2D eigenvalue weighted by atomic mass is 10.1. The first-order chi connectivity index (χ1) is 24.9. The highest BCUT2D eigenvalue weighted by molar-refractivity contribution is 5.89. The van der Waals surface area contributed by atoms with Gasteiger partial charge in [0.05, 0.1) is 19.7 Å². The highest BCUT2D eigenvalue weighted by Crippen LogP contribution is 2.21. The van der Waals surface area contributed by atoms with E-state index in [1.54, 1.807) is 0 Å². The zero-order valence-electron chi connectivity index (χ0n) is 26.5. The largest absolute Gasteiger partial charge is 0.419 e. The standard InChI is InChI=1S/C36H24N4O12/c41-35(23-11-27-5-17-31(18-6-27)39(47)48)51-33(21-9-25-1-13-29(14-2-25)37(43)44)34(22-10-26-3-15-30(16-4-26)38(45)46)52-36(42)24-12-28-7-19-32(20-8-28)40(49)50/h1-24H/b21-9+,22-10+,23-11+,24-12+,34-33+. The van der Waals surface area contributed by atoms with Gasteiger partial charge in [-0.1, -0.05) is 12.2 Å². The number of nitro groups is 4. The Morgan fingerprint density at radius 1 is 0.385 bits per heavy atom.